The molecule has 0 spiro atoms. The van der Waals surface area contributed by atoms with Crippen molar-refractivity contribution in [1.82, 2.24) is 9.21 Å². The van der Waals surface area contributed by atoms with E-state index in [4.69, 9.17) is 5.73 Å². The smallest absolute Gasteiger partial charge is 0.214 e. The van der Waals surface area contributed by atoms with Crippen molar-refractivity contribution in [2.24, 2.45) is 5.73 Å². The first-order valence-electron chi connectivity index (χ1n) is 6.50. The lowest BCUT2D eigenvalue weighted by Gasteiger charge is -2.21. The van der Waals surface area contributed by atoms with Crippen LogP contribution in [0.3, 0.4) is 0 Å². The van der Waals surface area contributed by atoms with Crippen molar-refractivity contribution in [3.05, 3.63) is 0 Å². The zero-order valence-corrected chi connectivity index (χ0v) is 11.6. The van der Waals surface area contributed by atoms with E-state index < -0.39 is 10.0 Å². The summed E-state index contributed by atoms with van der Waals surface area (Å²) in [5, 5.41) is 0. The molecule has 0 radical (unpaired) electrons. The topological polar surface area (TPSA) is 66.6 Å². The Kier molecular flexibility index (Phi) is 6.40. The summed E-state index contributed by atoms with van der Waals surface area (Å²) in [7, 11) is -3.03. The van der Waals surface area contributed by atoms with Crippen LogP contribution in [0.15, 0.2) is 0 Å². The van der Waals surface area contributed by atoms with Gasteiger partial charge in [-0.05, 0) is 19.4 Å². The highest BCUT2D eigenvalue weighted by Crippen LogP contribution is 2.10. The Hall–Kier alpha value is -0.170. The average molecular weight is 263 g/mol. The largest absolute Gasteiger partial charge is 0.329 e. The number of nitrogens with zero attached hydrogens (tertiary/aromatic N) is 2. The maximum Gasteiger partial charge on any atom is 0.214 e. The number of sulfonamides is 1. The van der Waals surface area contributed by atoms with Gasteiger partial charge in [0.2, 0.25) is 10.0 Å². The molecule has 0 aliphatic carbocycles. The number of hydrogen-bond acceptors (Lipinski definition) is 4. The summed E-state index contributed by atoms with van der Waals surface area (Å²) >= 11 is 0. The summed E-state index contributed by atoms with van der Waals surface area (Å²) in [6, 6.07) is 0. The highest BCUT2D eigenvalue weighted by molar-refractivity contribution is 7.89. The molecule has 0 unspecified atom stereocenters. The Morgan fingerprint density at radius 1 is 1.18 bits per heavy atom. The van der Waals surface area contributed by atoms with Gasteiger partial charge in [0.15, 0.2) is 0 Å². The normalized spacial score (nSPS) is 20.4. The number of nitrogens with two attached hydrogens (primary N) is 1. The van der Waals surface area contributed by atoms with Crippen LogP contribution in [0.1, 0.15) is 26.2 Å². The minimum atomic E-state index is -3.03. The highest BCUT2D eigenvalue weighted by atomic mass is 32.2. The molecule has 0 amide bonds. The predicted molar refractivity (Wildman–Crippen MR) is 70.4 cm³/mol. The molecule has 17 heavy (non-hydrogen) atoms. The van der Waals surface area contributed by atoms with Crippen LogP contribution in [0, 0.1) is 0 Å². The van der Waals surface area contributed by atoms with Gasteiger partial charge in [-0.1, -0.05) is 13.3 Å². The monoisotopic (exact) mass is 263 g/mol. The molecule has 0 aromatic carbocycles. The molecule has 0 aromatic heterocycles. The molecular formula is C11H25N3O2S. The van der Waals surface area contributed by atoms with E-state index in [2.05, 4.69) is 4.90 Å². The average Bonchev–Trinajstić information content (AvgIpc) is 2.53. The highest BCUT2D eigenvalue weighted by Gasteiger charge is 2.24. The molecule has 0 saturated carbocycles. The van der Waals surface area contributed by atoms with Gasteiger partial charge < -0.3 is 10.6 Å². The van der Waals surface area contributed by atoms with Crippen LogP contribution in [0.2, 0.25) is 0 Å². The maximum atomic E-state index is 12.0. The number of rotatable bonds is 6. The van der Waals surface area contributed by atoms with Crippen LogP contribution in [-0.2, 0) is 10.0 Å². The lowest BCUT2D eigenvalue weighted by atomic mass is 10.4. The van der Waals surface area contributed by atoms with Crippen LogP contribution in [0.25, 0.3) is 0 Å². The third kappa shape index (κ3) is 4.91. The van der Waals surface area contributed by atoms with Gasteiger partial charge in [-0.25, -0.2) is 12.7 Å². The SMILES string of the molecule is CCCCS(=O)(=O)N1CCCN(CCN)CC1. The van der Waals surface area contributed by atoms with Gasteiger partial charge >= 0.3 is 0 Å². The molecule has 5 nitrogen and oxygen atoms in total. The van der Waals surface area contributed by atoms with Crippen LogP contribution < -0.4 is 5.73 Å². The first-order valence-corrected chi connectivity index (χ1v) is 8.11. The summed E-state index contributed by atoms with van der Waals surface area (Å²) in [5.74, 6) is 0.292. The summed E-state index contributed by atoms with van der Waals surface area (Å²) < 4.78 is 25.7. The molecule has 102 valence electrons. The van der Waals surface area contributed by atoms with Gasteiger partial charge in [-0.2, -0.15) is 0 Å². The first kappa shape index (κ1) is 14.9. The molecule has 1 aliphatic heterocycles. The van der Waals surface area contributed by atoms with Gasteiger partial charge in [-0.3, -0.25) is 0 Å². The molecule has 1 heterocycles. The van der Waals surface area contributed by atoms with Crippen molar-refractivity contribution in [3.63, 3.8) is 0 Å². The lowest BCUT2D eigenvalue weighted by Crippen LogP contribution is -2.37. The van der Waals surface area contributed by atoms with Gasteiger partial charge in [0.25, 0.3) is 0 Å². The van der Waals surface area contributed by atoms with E-state index in [-0.39, 0.29) is 0 Å². The van der Waals surface area contributed by atoms with Gasteiger partial charge in [0, 0.05) is 32.7 Å². The Morgan fingerprint density at radius 2 is 1.94 bits per heavy atom. The second-order valence-corrected chi connectivity index (χ2v) is 6.64. The van der Waals surface area contributed by atoms with Crippen molar-refractivity contribution in [2.75, 3.05) is 45.0 Å². The summed E-state index contributed by atoms with van der Waals surface area (Å²) in [4.78, 5) is 2.25. The van der Waals surface area contributed by atoms with Gasteiger partial charge in [0.05, 0.1) is 5.75 Å². The molecule has 1 saturated heterocycles. The summed E-state index contributed by atoms with van der Waals surface area (Å²) in [5.41, 5.74) is 5.52. The quantitative estimate of drug-likeness (QED) is 0.737. The van der Waals surface area contributed by atoms with Crippen LogP contribution in [0.5, 0.6) is 0 Å². The Bertz CT molecular complexity index is 306. The van der Waals surface area contributed by atoms with E-state index in [1.54, 1.807) is 4.31 Å². The van der Waals surface area contributed by atoms with Gasteiger partial charge in [-0.15, -0.1) is 0 Å². The number of unbranched alkanes of at least 4 members (excludes halogenated alkanes) is 1. The van der Waals surface area contributed by atoms with E-state index in [1.165, 1.54) is 0 Å². The minimum Gasteiger partial charge on any atom is -0.329 e. The standard InChI is InChI=1S/C11H25N3O2S/c1-2-3-11-17(15,16)14-7-4-6-13(8-5-12)9-10-14/h2-12H2,1H3. The fourth-order valence-corrected chi connectivity index (χ4v) is 3.77. The van der Waals surface area contributed by atoms with E-state index >= 15 is 0 Å². The van der Waals surface area contributed by atoms with Crippen molar-refractivity contribution < 1.29 is 8.42 Å². The van der Waals surface area contributed by atoms with E-state index in [9.17, 15) is 8.42 Å². The molecule has 6 heteroatoms. The van der Waals surface area contributed by atoms with Crippen LogP contribution in [0.4, 0.5) is 0 Å². The summed E-state index contributed by atoms with van der Waals surface area (Å²) in [6.45, 7) is 6.56. The Labute approximate surface area is 105 Å². The molecule has 0 atom stereocenters. The van der Waals surface area contributed by atoms with E-state index in [1.807, 2.05) is 6.92 Å². The van der Waals surface area contributed by atoms with Crippen molar-refractivity contribution in [2.45, 2.75) is 26.2 Å². The molecule has 2 N–H and O–H groups in total. The molecule has 0 aromatic rings. The van der Waals surface area contributed by atoms with Crippen molar-refractivity contribution >= 4 is 10.0 Å². The molecular weight excluding hydrogens is 238 g/mol. The van der Waals surface area contributed by atoms with Crippen LogP contribution in [-0.4, -0.2) is 62.6 Å². The minimum absolute atomic E-state index is 0.292. The zero-order valence-electron chi connectivity index (χ0n) is 10.8. The fraction of sp³-hybridized carbons (Fsp3) is 1.00. The summed E-state index contributed by atoms with van der Waals surface area (Å²) in [6.07, 6.45) is 2.59. The molecule has 1 fully saturated rings. The zero-order chi connectivity index (χ0) is 12.7. The lowest BCUT2D eigenvalue weighted by molar-refractivity contribution is 0.294. The molecule has 1 aliphatic rings. The van der Waals surface area contributed by atoms with Crippen molar-refractivity contribution in [3.8, 4) is 0 Å². The maximum absolute atomic E-state index is 12.0. The predicted octanol–water partition coefficient (Wildman–Crippen LogP) is 0.0827. The number of hydrogen-bond donors (Lipinski definition) is 1. The Balaban J connectivity index is 2.50. The van der Waals surface area contributed by atoms with E-state index in [0.29, 0.717) is 25.4 Å². The molecule has 0 bridgehead atoms. The van der Waals surface area contributed by atoms with Crippen LogP contribution >= 0.6 is 0 Å². The third-order valence-corrected chi connectivity index (χ3v) is 5.10. The van der Waals surface area contributed by atoms with E-state index in [0.717, 1.165) is 38.9 Å². The fourth-order valence-electron chi connectivity index (χ4n) is 2.09. The first-order chi connectivity index (χ1) is 8.10. The van der Waals surface area contributed by atoms with Crippen molar-refractivity contribution in [1.29, 1.82) is 0 Å². The Morgan fingerprint density at radius 3 is 2.59 bits per heavy atom. The second-order valence-electron chi connectivity index (χ2n) is 4.55. The third-order valence-electron chi connectivity index (χ3n) is 3.14. The molecule has 1 rings (SSSR count). The second kappa shape index (κ2) is 7.31. The van der Waals surface area contributed by atoms with Gasteiger partial charge in [0.1, 0.15) is 0 Å².